The summed E-state index contributed by atoms with van der Waals surface area (Å²) in [6, 6.07) is 9.56. The number of carbonyl (C=O) groups is 2. The minimum absolute atomic E-state index is 0.00590. The Morgan fingerprint density at radius 3 is 2.39 bits per heavy atom. The molecule has 3 aromatic rings. The molecule has 1 atom stereocenters. The topological polar surface area (TPSA) is 96.3 Å². The number of halogens is 1. The number of benzene rings is 1. The molecule has 0 radical (unpaired) electrons. The van der Waals surface area contributed by atoms with Crippen molar-refractivity contribution in [3.05, 3.63) is 75.0 Å². The zero-order chi connectivity index (χ0) is 19.8. The van der Waals surface area contributed by atoms with E-state index in [1.807, 2.05) is 12.1 Å². The van der Waals surface area contributed by atoms with Gasteiger partial charge in [0.25, 0.3) is 5.78 Å². The molecule has 1 unspecified atom stereocenters. The van der Waals surface area contributed by atoms with Crippen molar-refractivity contribution < 1.29 is 14.7 Å². The monoisotopic (exact) mass is 456 g/mol. The molecule has 3 heterocycles. The van der Waals surface area contributed by atoms with Crippen LogP contribution in [0.15, 0.2) is 58.8 Å². The number of carbonyl (C=O) groups excluding carboxylic acids is 2. The molecule has 140 valence electrons. The molecular weight excluding hydrogens is 444 g/mol. The predicted molar refractivity (Wildman–Crippen MR) is 108 cm³/mol. The van der Waals surface area contributed by atoms with Crippen LogP contribution in [0.4, 0.5) is 5.13 Å². The molecule has 1 aliphatic rings. The summed E-state index contributed by atoms with van der Waals surface area (Å²) in [5, 5.41) is 19.8. The van der Waals surface area contributed by atoms with Crippen LogP contribution < -0.4 is 4.90 Å². The first-order valence-corrected chi connectivity index (χ1v) is 9.85. The zero-order valence-corrected chi connectivity index (χ0v) is 16.9. The van der Waals surface area contributed by atoms with Crippen LogP contribution in [0, 0.1) is 6.92 Å². The number of pyridine rings is 1. The molecule has 4 rings (SSSR count). The number of nitrogens with zero attached hydrogens (tertiary/aromatic N) is 4. The van der Waals surface area contributed by atoms with Crippen LogP contribution in [0.1, 0.15) is 22.2 Å². The Balaban J connectivity index is 1.94. The molecule has 28 heavy (non-hydrogen) atoms. The lowest BCUT2D eigenvalue weighted by molar-refractivity contribution is -0.132. The Bertz CT molecular complexity index is 1100. The molecule has 2 aromatic heterocycles. The van der Waals surface area contributed by atoms with E-state index in [4.69, 9.17) is 0 Å². The second kappa shape index (κ2) is 7.25. The van der Waals surface area contributed by atoms with Crippen LogP contribution in [0.3, 0.4) is 0 Å². The van der Waals surface area contributed by atoms with E-state index in [0.717, 1.165) is 4.47 Å². The van der Waals surface area contributed by atoms with E-state index in [-0.39, 0.29) is 11.3 Å². The van der Waals surface area contributed by atoms with E-state index >= 15 is 0 Å². The number of aromatic nitrogens is 3. The number of aryl methyl sites for hydroxylation is 1. The summed E-state index contributed by atoms with van der Waals surface area (Å²) in [5.41, 5.74) is 1.08. The van der Waals surface area contributed by atoms with E-state index in [9.17, 15) is 14.7 Å². The van der Waals surface area contributed by atoms with Gasteiger partial charge in [0.1, 0.15) is 10.8 Å². The van der Waals surface area contributed by atoms with Crippen molar-refractivity contribution >= 4 is 49.8 Å². The maximum absolute atomic E-state index is 12.9. The summed E-state index contributed by atoms with van der Waals surface area (Å²) in [6.07, 6.45) is 3.02. The summed E-state index contributed by atoms with van der Waals surface area (Å²) in [4.78, 5) is 31.0. The molecule has 0 bridgehead atoms. The minimum atomic E-state index is -0.811. The van der Waals surface area contributed by atoms with E-state index in [1.165, 1.54) is 28.6 Å². The van der Waals surface area contributed by atoms with Gasteiger partial charge >= 0.3 is 5.91 Å². The molecule has 1 aliphatic heterocycles. The highest BCUT2D eigenvalue weighted by Crippen LogP contribution is 2.42. The lowest BCUT2D eigenvalue weighted by Gasteiger charge is -2.22. The van der Waals surface area contributed by atoms with Gasteiger partial charge in [-0.3, -0.25) is 19.5 Å². The van der Waals surface area contributed by atoms with Gasteiger partial charge < -0.3 is 5.11 Å². The molecule has 1 fully saturated rings. The molecule has 1 saturated heterocycles. The Morgan fingerprint density at radius 1 is 1.11 bits per heavy atom. The van der Waals surface area contributed by atoms with Gasteiger partial charge in [-0.15, -0.1) is 10.2 Å². The molecule has 9 heteroatoms. The number of aliphatic hydroxyl groups is 1. The number of aliphatic hydroxyl groups excluding tert-OH is 1. The van der Waals surface area contributed by atoms with Gasteiger partial charge in [-0.05, 0) is 36.8 Å². The highest BCUT2D eigenvalue weighted by Gasteiger charge is 2.48. The first-order valence-electron chi connectivity index (χ1n) is 8.24. The van der Waals surface area contributed by atoms with Crippen molar-refractivity contribution in [1.82, 2.24) is 15.2 Å². The lowest BCUT2D eigenvalue weighted by atomic mass is 9.96. The summed E-state index contributed by atoms with van der Waals surface area (Å²) in [7, 11) is 0. The highest BCUT2D eigenvalue weighted by atomic mass is 79.9. The molecule has 1 aromatic carbocycles. The summed E-state index contributed by atoms with van der Waals surface area (Å²) in [5.74, 6) is -1.77. The van der Waals surface area contributed by atoms with Gasteiger partial charge in [-0.25, -0.2) is 0 Å². The number of ketones is 1. The van der Waals surface area contributed by atoms with Crippen molar-refractivity contribution in [2.24, 2.45) is 0 Å². The smallest absolute Gasteiger partial charge is 0.301 e. The van der Waals surface area contributed by atoms with Gasteiger partial charge in [-0.1, -0.05) is 39.4 Å². The number of hydrogen-bond donors (Lipinski definition) is 1. The van der Waals surface area contributed by atoms with Crippen LogP contribution in [0.5, 0.6) is 0 Å². The maximum Gasteiger partial charge on any atom is 0.301 e. The first-order chi connectivity index (χ1) is 13.5. The Kier molecular flexibility index (Phi) is 4.78. The number of anilines is 1. The van der Waals surface area contributed by atoms with E-state index in [2.05, 4.69) is 31.1 Å². The molecule has 7 nitrogen and oxygen atoms in total. The fraction of sp³-hybridized carbons (Fsp3) is 0.105. The normalized spacial score (nSPS) is 18.6. The highest BCUT2D eigenvalue weighted by molar-refractivity contribution is 9.10. The molecule has 1 N–H and O–H groups in total. The Morgan fingerprint density at radius 2 is 1.79 bits per heavy atom. The third-order valence-electron chi connectivity index (χ3n) is 4.31. The quantitative estimate of drug-likeness (QED) is 0.367. The second-order valence-electron chi connectivity index (χ2n) is 6.06. The van der Waals surface area contributed by atoms with Crippen molar-refractivity contribution in [1.29, 1.82) is 0 Å². The van der Waals surface area contributed by atoms with Gasteiger partial charge in [0, 0.05) is 22.4 Å². The minimum Gasteiger partial charge on any atom is -0.507 e. The number of amides is 1. The average Bonchev–Trinajstić information content (AvgIpc) is 3.24. The fourth-order valence-corrected chi connectivity index (χ4v) is 4.02. The summed E-state index contributed by atoms with van der Waals surface area (Å²) >= 11 is 4.59. The zero-order valence-electron chi connectivity index (χ0n) is 14.5. The average molecular weight is 457 g/mol. The number of hydrogen-bond acceptors (Lipinski definition) is 7. The van der Waals surface area contributed by atoms with Crippen molar-refractivity contribution in [2.45, 2.75) is 13.0 Å². The Hall–Kier alpha value is -2.91. The van der Waals surface area contributed by atoms with E-state index in [0.29, 0.717) is 21.3 Å². The predicted octanol–water partition coefficient (Wildman–Crippen LogP) is 3.63. The number of Topliss-reactive ketones (excluding diaryl/α,β-unsaturated/α-hetero) is 1. The first kappa shape index (κ1) is 18.5. The van der Waals surface area contributed by atoms with Crippen LogP contribution in [-0.2, 0) is 9.59 Å². The van der Waals surface area contributed by atoms with Crippen molar-refractivity contribution in [3.8, 4) is 0 Å². The SMILES string of the molecule is Cc1nnc(N2C(=O)C(=O)C(=C(O)c3ccncc3)C2c2ccc(Br)cc2)s1. The van der Waals surface area contributed by atoms with Gasteiger partial charge in [-0.2, -0.15) is 0 Å². The van der Waals surface area contributed by atoms with E-state index in [1.54, 1.807) is 31.2 Å². The van der Waals surface area contributed by atoms with Gasteiger partial charge in [0.15, 0.2) is 0 Å². The standard InChI is InChI=1S/C19H13BrN4O3S/c1-10-22-23-19(28-10)24-15(11-2-4-13(20)5-3-11)14(17(26)18(24)27)16(25)12-6-8-21-9-7-12/h2-9,15,25H,1H3. The van der Waals surface area contributed by atoms with Gasteiger partial charge in [0.2, 0.25) is 5.13 Å². The summed E-state index contributed by atoms with van der Waals surface area (Å²) in [6.45, 7) is 1.77. The Labute approximate surface area is 172 Å². The largest absolute Gasteiger partial charge is 0.507 e. The van der Waals surface area contributed by atoms with Crippen molar-refractivity contribution in [2.75, 3.05) is 4.90 Å². The van der Waals surface area contributed by atoms with Crippen LogP contribution >= 0.6 is 27.3 Å². The number of rotatable bonds is 3. The summed E-state index contributed by atoms with van der Waals surface area (Å²) < 4.78 is 0.856. The van der Waals surface area contributed by atoms with Crippen LogP contribution in [0.2, 0.25) is 0 Å². The van der Waals surface area contributed by atoms with Gasteiger partial charge in [0.05, 0.1) is 11.6 Å². The van der Waals surface area contributed by atoms with Crippen molar-refractivity contribution in [3.63, 3.8) is 0 Å². The maximum atomic E-state index is 12.9. The second-order valence-corrected chi connectivity index (χ2v) is 8.14. The van der Waals surface area contributed by atoms with E-state index < -0.39 is 17.7 Å². The third kappa shape index (κ3) is 3.12. The molecule has 1 amide bonds. The molecule has 0 saturated carbocycles. The van der Waals surface area contributed by atoms with Crippen LogP contribution in [-0.4, -0.2) is 32.0 Å². The van der Waals surface area contributed by atoms with Crippen LogP contribution in [0.25, 0.3) is 5.76 Å². The molecular formula is C19H13BrN4O3S. The third-order valence-corrected chi connectivity index (χ3v) is 5.67. The lowest BCUT2D eigenvalue weighted by Crippen LogP contribution is -2.29. The molecule has 0 spiro atoms. The fourth-order valence-electron chi connectivity index (χ4n) is 3.04. The molecule has 0 aliphatic carbocycles.